The summed E-state index contributed by atoms with van der Waals surface area (Å²) in [5.41, 5.74) is 7.49. The molecule has 1 unspecified atom stereocenters. The first-order valence-electron chi connectivity index (χ1n) is 5.31. The average molecular weight is 219 g/mol. The molecule has 4 N–H and O–H groups in total. The first-order chi connectivity index (χ1) is 7.67. The summed E-state index contributed by atoms with van der Waals surface area (Å²) >= 11 is 0. The second kappa shape index (κ2) is 5.99. The third kappa shape index (κ3) is 3.44. The number of rotatable bonds is 5. The lowest BCUT2D eigenvalue weighted by Crippen LogP contribution is -2.12. The molecule has 0 spiro atoms. The monoisotopic (exact) mass is 219 g/mol. The van der Waals surface area contributed by atoms with E-state index in [-0.39, 0.29) is 6.61 Å². The van der Waals surface area contributed by atoms with Crippen LogP contribution in [0.2, 0.25) is 0 Å². The number of hydrogen-bond acceptors (Lipinski definition) is 4. The molecule has 0 amide bonds. The molecular weight excluding hydrogens is 202 g/mol. The van der Waals surface area contributed by atoms with Crippen molar-refractivity contribution in [3.8, 4) is 6.07 Å². The molecule has 4 nitrogen and oxygen atoms in total. The van der Waals surface area contributed by atoms with E-state index >= 15 is 0 Å². The summed E-state index contributed by atoms with van der Waals surface area (Å²) in [7, 11) is 0. The molecule has 0 aromatic heterocycles. The number of nitrogen functional groups attached to an aromatic ring is 1. The molecule has 86 valence electrons. The van der Waals surface area contributed by atoms with Crippen LogP contribution in [0.1, 0.15) is 18.9 Å². The molecule has 0 aliphatic carbocycles. The van der Waals surface area contributed by atoms with E-state index in [1.54, 1.807) is 12.1 Å². The van der Waals surface area contributed by atoms with Gasteiger partial charge in [0.05, 0.1) is 5.56 Å². The van der Waals surface area contributed by atoms with Crippen molar-refractivity contribution in [1.29, 1.82) is 5.26 Å². The van der Waals surface area contributed by atoms with Crippen molar-refractivity contribution in [3.63, 3.8) is 0 Å². The van der Waals surface area contributed by atoms with E-state index in [1.165, 1.54) is 0 Å². The van der Waals surface area contributed by atoms with Gasteiger partial charge in [0.2, 0.25) is 0 Å². The van der Waals surface area contributed by atoms with Crippen LogP contribution < -0.4 is 11.1 Å². The van der Waals surface area contributed by atoms with Crippen LogP contribution in [-0.4, -0.2) is 18.3 Å². The average Bonchev–Trinajstić information content (AvgIpc) is 2.28. The van der Waals surface area contributed by atoms with Crippen LogP contribution in [0, 0.1) is 17.2 Å². The molecule has 0 fully saturated rings. The minimum Gasteiger partial charge on any atom is -0.398 e. The number of nitrogens with two attached hydrogens (primary N) is 1. The lowest BCUT2D eigenvalue weighted by Gasteiger charge is -2.12. The minimum atomic E-state index is 0.202. The van der Waals surface area contributed by atoms with E-state index < -0.39 is 0 Å². The predicted octanol–water partition coefficient (Wildman–Crippen LogP) is 1.57. The van der Waals surface area contributed by atoms with Crippen LogP contribution in [0.4, 0.5) is 11.4 Å². The molecule has 0 aliphatic heterocycles. The number of aliphatic hydroxyl groups is 1. The third-order valence-corrected chi connectivity index (χ3v) is 2.45. The fourth-order valence-electron chi connectivity index (χ4n) is 1.38. The SMILES string of the molecule is CC(CCO)CNc1ccc(N)c(C#N)c1. The van der Waals surface area contributed by atoms with Crippen LogP contribution >= 0.6 is 0 Å². The highest BCUT2D eigenvalue weighted by atomic mass is 16.3. The zero-order valence-electron chi connectivity index (χ0n) is 9.40. The second-order valence-electron chi connectivity index (χ2n) is 3.91. The summed E-state index contributed by atoms with van der Waals surface area (Å²) in [6, 6.07) is 7.35. The van der Waals surface area contributed by atoms with Crippen molar-refractivity contribution < 1.29 is 5.11 Å². The summed E-state index contributed by atoms with van der Waals surface area (Å²) in [5, 5.41) is 20.8. The van der Waals surface area contributed by atoms with E-state index in [9.17, 15) is 0 Å². The Kier molecular flexibility index (Phi) is 4.62. The van der Waals surface area contributed by atoms with E-state index in [4.69, 9.17) is 16.1 Å². The lowest BCUT2D eigenvalue weighted by atomic mass is 10.1. The predicted molar refractivity (Wildman–Crippen MR) is 64.9 cm³/mol. The van der Waals surface area contributed by atoms with Crippen LogP contribution in [0.25, 0.3) is 0 Å². The molecule has 0 aliphatic rings. The van der Waals surface area contributed by atoms with Crippen LogP contribution in [0.15, 0.2) is 18.2 Å². The Morgan fingerprint density at radius 2 is 2.31 bits per heavy atom. The molecule has 1 aromatic rings. The zero-order valence-corrected chi connectivity index (χ0v) is 9.40. The van der Waals surface area contributed by atoms with Crippen molar-refractivity contribution >= 4 is 11.4 Å². The minimum absolute atomic E-state index is 0.202. The molecule has 0 radical (unpaired) electrons. The third-order valence-electron chi connectivity index (χ3n) is 2.45. The number of hydrogen-bond donors (Lipinski definition) is 3. The Morgan fingerprint density at radius 1 is 1.56 bits per heavy atom. The molecule has 1 rings (SSSR count). The van der Waals surface area contributed by atoms with Crippen LogP contribution in [-0.2, 0) is 0 Å². The summed E-state index contributed by atoms with van der Waals surface area (Å²) in [6.07, 6.45) is 0.771. The maximum atomic E-state index is 8.81. The van der Waals surface area contributed by atoms with Gasteiger partial charge in [-0.3, -0.25) is 0 Å². The topological polar surface area (TPSA) is 82.1 Å². The molecule has 4 heteroatoms. The van der Waals surface area contributed by atoms with E-state index in [0.717, 1.165) is 18.7 Å². The van der Waals surface area contributed by atoms with Crippen molar-refractivity contribution in [2.45, 2.75) is 13.3 Å². The van der Waals surface area contributed by atoms with Crippen molar-refractivity contribution in [2.75, 3.05) is 24.2 Å². The number of anilines is 2. The van der Waals surface area contributed by atoms with Gasteiger partial charge in [0.1, 0.15) is 6.07 Å². The maximum Gasteiger partial charge on any atom is 0.101 e. The Labute approximate surface area is 95.7 Å². The zero-order chi connectivity index (χ0) is 12.0. The molecule has 1 aromatic carbocycles. The molecule has 1 atom stereocenters. The van der Waals surface area contributed by atoms with Gasteiger partial charge in [-0.25, -0.2) is 0 Å². The molecular formula is C12H17N3O. The molecule has 16 heavy (non-hydrogen) atoms. The number of benzene rings is 1. The largest absolute Gasteiger partial charge is 0.398 e. The maximum absolute atomic E-state index is 8.81. The molecule has 0 bridgehead atoms. The fraction of sp³-hybridized carbons (Fsp3) is 0.417. The van der Waals surface area contributed by atoms with Gasteiger partial charge in [0.25, 0.3) is 0 Å². The fourth-order valence-corrected chi connectivity index (χ4v) is 1.38. The summed E-state index contributed by atoms with van der Waals surface area (Å²) in [5.74, 6) is 0.396. The van der Waals surface area contributed by atoms with Gasteiger partial charge >= 0.3 is 0 Å². The number of nitrogens with zero attached hydrogens (tertiary/aromatic N) is 1. The standard InChI is InChI=1S/C12H17N3O/c1-9(4-5-16)8-15-11-2-3-12(14)10(6-11)7-13/h2-3,6,9,15-16H,4-5,8,14H2,1H3. The summed E-state index contributed by atoms with van der Waals surface area (Å²) < 4.78 is 0. The summed E-state index contributed by atoms with van der Waals surface area (Å²) in [6.45, 7) is 3.04. The van der Waals surface area contributed by atoms with E-state index in [2.05, 4.69) is 12.2 Å². The van der Waals surface area contributed by atoms with Gasteiger partial charge in [-0.15, -0.1) is 0 Å². The second-order valence-corrected chi connectivity index (χ2v) is 3.91. The Bertz CT molecular complexity index is 384. The van der Waals surface area contributed by atoms with Gasteiger partial charge in [-0.1, -0.05) is 6.92 Å². The first kappa shape index (κ1) is 12.3. The van der Waals surface area contributed by atoms with E-state index in [0.29, 0.717) is 17.2 Å². The highest BCUT2D eigenvalue weighted by Crippen LogP contribution is 2.17. The molecule has 0 heterocycles. The van der Waals surface area contributed by atoms with Gasteiger partial charge in [-0.2, -0.15) is 5.26 Å². The number of aliphatic hydroxyl groups excluding tert-OH is 1. The first-order valence-corrected chi connectivity index (χ1v) is 5.31. The quantitative estimate of drug-likeness (QED) is 0.656. The Morgan fingerprint density at radius 3 is 2.94 bits per heavy atom. The molecule has 0 saturated heterocycles. The summed E-state index contributed by atoms with van der Waals surface area (Å²) in [4.78, 5) is 0. The van der Waals surface area contributed by atoms with Crippen LogP contribution in [0.5, 0.6) is 0 Å². The lowest BCUT2D eigenvalue weighted by molar-refractivity contribution is 0.266. The molecule has 0 saturated carbocycles. The Balaban J connectivity index is 2.58. The van der Waals surface area contributed by atoms with Crippen LogP contribution in [0.3, 0.4) is 0 Å². The van der Waals surface area contributed by atoms with E-state index in [1.807, 2.05) is 12.1 Å². The van der Waals surface area contributed by atoms with Gasteiger partial charge < -0.3 is 16.2 Å². The van der Waals surface area contributed by atoms with Gasteiger partial charge in [-0.05, 0) is 30.5 Å². The van der Waals surface area contributed by atoms with Crippen molar-refractivity contribution in [2.24, 2.45) is 5.92 Å². The highest BCUT2D eigenvalue weighted by Gasteiger charge is 2.03. The number of nitriles is 1. The van der Waals surface area contributed by atoms with Crippen molar-refractivity contribution in [1.82, 2.24) is 0 Å². The normalized spacial score (nSPS) is 11.8. The van der Waals surface area contributed by atoms with Crippen molar-refractivity contribution in [3.05, 3.63) is 23.8 Å². The highest BCUT2D eigenvalue weighted by molar-refractivity contribution is 5.61. The number of nitrogens with one attached hydrogen (secondary N) is 1. The Hall–Kier alpha value is -1.73. The van der Waals surface area contributed by atoms with Gasteiger partial charge in [0, 0.05) is 24.5 Å². The smallest absolute Gasteiger partial charge is 0.101 e. The van der Waals surface area contributed by atoms with Gasteiger partial charge in [0.15, 0.2) is 0 Å².